The molecule has 1 unspecified atom stereocenters. The molecule has 2 heterocycles. The van der Waals surface area contributed by atoms with E-state index in [0.29, 0.717) is 12.1 Å². The van der Waals surface area contributed by atoms with Crippen molar-refractivity contribution in [3.63, 3.8) is 0 Å². The van der Waals surface area contributed by atoms with Gasteiger partial charge in [0.15, 0.2) is 0 Å². The minimum absolute atomic E-state index is 0.198. The van der Waals surface area contributed by atoms with Gasteiger partial charge in [0.1, 0.15) is 0 Å². The Hall–Kier alpha value is -2.84. The zero-order valence-corrected chi connectivity index (χ0v) is 14.1. The van der Waals surface area contributed by atoms with Crippen LogP contribution < -0.4 is 10.6 Å². The van der Waals surface area contributed by atoms with Gasteiger partial charge < -0.3 is 15.2 Å². The number of nitrogens with two attached hydrogens (primary N) is 1. The quantitative estimate of drug-likeness (QED) is 0.801. The molecule has 0 bridgehead atoms. The van der Waals surface area contributed by atoms with Crippen molar-refractivity contribution in [2.24, 2.45) is 5.73 Å². The maximum Gasteiger partial charge on any atom is 0.206 e. The smallest absolute Gasteiger partial charge is 0.206 e. The number of fused-ring (bicyclic) bond motifs is 1. The van der Waals surface area contributed by atoms with Gasteiger partial charge in [-0.15, -0.1) is 0 Å². The van der Waals surface area contributed by atoms with Gasteiger partial charge in [-0.3, -0.25) is 0 Å². The topological polar surface area (TPSA) is 70.9 Å². The maximum absolute atomic E-state index is 9.16. The highest BCUT2D eigenvalue weighted by Crippen LogP contribution is 2.26. The molecule has 0 spiro atoms. The van der Waals surface area contributed by atoms with E-state index in [-0.39, 0.29) is 6.04 Å². The molecular formula is C20H21N5. The second-order valence-electron chi connectivity index (χ2n) is 6.65. The highest BCUT2D eigenvalue weighted by molar-refractivity contribution is 5.79. The van der Waals surface area contributed by atoms with Crippen LogP contribution in [0.4, 0.5) is 5.95 Å². The Kier molecular flexibility index (Phi) is 4.12. The first-order chi connectivity index (χ1) is 12.2. The molecule has 0 radical (unpaired) electrons. The molecule has 2 aromatic carbocycles. The van der Waals surface area contributed by atoms with E-state index in [1.807, 2.05) is 36.4 Å². The molecule has 1 aliphatic rings. The number of hydrogen-bond donors (Lipinski definition) is 1. The Bertz CT molecular complexity index is 937. The Balaban J connectivity index is 1.77. The van der Waals surface area contributed by atoms with Crippen LogP contribution in [0.2, 0.25) is 0 Å². The van der Waals surface area contributed by atoms with Gasteiger partial charge >= 0.3 is 0 Å². The predicted octanol–water partition coefficient (Wildman–Crippen LogP) is 2.88. The maximum atomic E-state index is 9.16. The summed E-state index contributed by atoms with van der Waals surface area (Å²) in [5, 5.41) is 9.16. The van der Waals surface area contributed by atoms with Gasteiger partial charge in [0.2, 0.25) is 5.95 Å². The van der Waals surface area contributed by atoms with Crippen molar-refractivity contribution >= 4 is 17.0 Å². The first-order valence-electron chi connectivity index (χ1n) is 8.69. The molecule has 126 valence electrons. The van der Waals surface area contributed by atoms with E-state index in [9.17, 15) is 0 Å². The van der Waals surface area contributed by atoms with Crippen LogP contribution in [0.25, 0.3) is 11.0 Å². The molecule has 3 aromatic rings. The molecule has 0 saturated carbocycles. The van der Waals surface area contributed by atoms with E-state index in [0.717, 1.165) is 48.5 Å². The van der Waals surface area contributed by atoms with E-state index in [4.69, 9.17) is 16.0 Å². The summed E-state index contributed by atoms with van der Waals surface area (Å²) in [7, 11) is 0. The van der Waals surface area contributed by atoms with Crippen molar-refractivity contribution < 1.29 is 0 Å². The van der Waals surface area contributed by atoms with Crippen molar-refractivity contribution in [1.82, 2.24) is 9.55 Å². The summed E-state index contributed by atoms with van der Waals surface area (Å²) in [6.07, 6.45) is 2.16. The van der Waals surface area contributed by atoms with Crippen LogP contribution in [0.3, 0.4) is 0 Å². The highest BCUT2D eigenvalue weighted by Gasteiger charge is 2.22. The molecule has 1 fully saturated rings. The van der Waals surface area contributed by atoms with Crippen LogP contribution in [0.5, 0.6) is 0 Å². The summed E-state index contributed by atoms with van der Waals surface area (Å²) in [4.78, 5) is 7.17. The SMILES string of the molecule is N#Cc1cccc(Cn2c(N3CCCC(N)C3)nc3ccccc32)c1. The first kappa shape index (κ1) is 15.7. The summed E-state index contributed by atoms with van der Waals surface area (Å²) in [5.74, 6) is 0.971. The van der Waals surface area contributed by atoms with Crippen LogP contribution in [-0.2, 0) is 6.54 Å². The number of para-hydroxylation sites is 2. The lowest BCUT2D eigenvalue weighted by Crippen LogP contribution is -2.44. The number of benzene rings is 2. The van der Waals surface area contributed by atoms with E-state index < -0.39 is 0 Å². The lowest BCUT2D eigenvalue weighted by atomic mass is 10.1. The fourth-order valence-corrected chi connectivity index (χ4v) is 3.57. The van der Waals surface area contributed by atoms with Gasteiger partial charge in [0.05, 0.1) is 29.2 Å². The van der Waals surface area contributed by atoms with Crippen molar-refractivity contribution in [3.8, 4) is 6.07 Å². The number of rotatable bonds is 3. The Morgan fingerprint density at radius 1 is 1.20 bits per heavy atom. The van der Waals surface area contributed by atoms with Gasteiger partial charge in [0.25, 0.3) is 0 Å². The third kappa shape index (κ3) is 3.09. The molecule has 1 aliphatic heterocycles. The minimum Gasteiger partial charge on any atom is -0.341 e. The normalized spacial score (nSPS) is 17.6. The van der Waals surface area contributed by atoms with E-state index in [1.165, 1.54) is 0 Å². The first-order valence-corrected chi connectivity index (χ1v) is 8.69. The van der Waals surface area contributed by atoms with Crippen molar-refractivity contribution in [2.45, 2.75) is 25.4 Å². The Morgan fingerprint density at radius 2 is 2.08 bits per heavy atom. The van der Waals surface area contributed by atoms with Crippen LogP contribution >= 0.6 is 0 Å². The molecule has 0 aliphatic carbocycles. The predicted molar refractivity (Wildman–Crippen MR) is 99.4 cm³/mol. The Labute approximate surface area is 147 Å². The molecule has 1 atom stereocenters. The lowest BCUT2D eigenvalue weighted by molar-refractivity contribution is 0.495. The number of aromatic nitrogens is 2. The fourth-order valence-electron chi connectivity index (χ4n) is 3.57. The molecule has 1 aromatic heterocycles. The summed E-state index contributed by atoms with van der Waals surface area (Å²) in [5.41, 5.74) is 10.1. The number of imidazole rings is 1. The largest absolute Gasteiger partial charge is 0.341 e. The van der Waals surface area contributed by atoms with Crippen LogP contribution in [-0.4, -0.2) is 28.7 Å². The molecule has 5 nitrogen and oxygen atoms in total. The van der Waals surface area contributed by atoms with Crippen LogP contribution in [0.15, 0.2) is 48.5 Å². The van der Waals surface area contributed by atoms with E-state index in [1.54, 1.807) is 0 Å². The van der Waals surface area contributed by atoms with Crippen LogP contribution in [0, 0.1) is 11.3 Å². The average molecular weight is 331 g/mol. The summed E-state index contributed by atoms with van der Waals surface area (Å²) in [6, 6.07) is 18.4. The number of nitrogens with zero attached hydrogens (tertiary/aromatic N) is 4. The van der Waals surface area contributed by atoms with E-state index >= 15 is 0 Å². The Morgan fingerprint density at radius 3 is 2.92 bits per heavy atom. The second-order valence-corrected chi connectivity index (χ2v) is 6.65. The van der Waals surface area contributed by atoms with Crippen molar-refractivity contribution in [3.05, 3.63) is 59.7 Å². The molecular weight excluding hydrogens is 310 g/mol. The monoisotopic (exact) mass is 331 g/mol. The molecule has 1 saturated heterocycles. The van der Waals surface area contributed by atoms with Gasteiger partial charge in [-0.05, 0) is 42.7 Å². The summed E-state index contributed by atoms with van der Waals surface area (Å²) >= 11 is 0. The van der Waals surface area contributed by atoms with Crippen molar-refractivity contribution in [1.29, 1.82) is 5.26 Å². The van der Waals surface area contributed by atoms with Gasteiger partial charge in [-0.1, -0.05) is 24.3 Å². The third-order valence-corrected chi connectivity index (χ3v) is 4.77. The number of anilines is 1. The standard InChI is InChI=1S/C20H21N5/c21-12-15-5-3-6-16(11-15)13-25-19-9-2-1-8-18(19)23-20(25)24-10-4-7-17(22)14-24/h1-3,5-6,8-9,11,17H,4,7,10,13-14,22H2. The van der Waals surface area contributed by atoms with Crippen molar-refractivity contribution in [2.75, 3.05) is 18.0 Å². The number of piperidine rings is 1. The lowest BCUT2D eigenvalue weighted by Gasteiger charge is -2.32. The third-order valence-electron chi connectivity index (χ3n) is 4.77. The number of nitriles is 1. The van der Waals surface area contributed by atoms with E-state index in [2.05, 4.69) is 27.7 Å². The molecule has 2 N–H and O–H groups in total. The fraction of sp³-hybridized carbons (Fsp3) is 0.300. The number of hydrogen-bond acceptors (Lipinski definition) is 4. The second kappa shape index (κ2) is 6.58. The molecule has 5 heteroatoms. The van der Waals surface area contributed by atoms with Gasteiger partial charge in [0, 0.05) is 19.1 Å². The summed E-state index contributed by atoms with van der Waals surface area (Å²) in [6.45, 7) is 2.51. The molecule has 0 amide bonds. The zero-order valence-electron chi connectivity index (χ0n) is 14.1. The van der Waals surface area contributed by atoms with Gasteiger partial charge in [-0.25, -0.2) is 4.98 Å². The molecule has 25 heavy (non-hydrogen) atoms. The van der Waals surface area contributed by atoms with Crippen LogP contribution in [0.1, 0.15) is 24.0 Å². The summed E-state index contributed by atoms with van der Waals surface area (Å²) < 4.78 is 2.24. The molecule has 4 rings (SSSR count). The average Bonchev–Trinajstić information content (AvgIpc) is 3.01. The minimum atomic E-state index is 0.198. The van der Waals surface area contributed by atoms with Gasteiger partial charge in [-0.2, -0.15) is 5.26 Å². The highest BCUT2D eigenvalue weighted by atomic mass is 15.3. The zero-order chi connectivity index (χ0) is 17.2.